The van der Waals surface area contributed by atoms with Gasteiger partial charge in [0.2, 0.25) is 11.8 Å². The molecule has 0 aliphatic carbocycles. The van der Waals surface area contributed by atoms with E-state index in [0.29, 0.717) is 35.9 Å². The van der Waals surface area contributed by atoms with Gasteiger partial charge in [0.25, 0.3) is 0 Å². The molecule has 1 N–H and O–H groups in total. The number of benzene rings is 1. The van der Waals surface area contributed by atoms with Gasteiger partial charge in [-0.05, 0) is 30.5 Å². The summed E-state index contributed by atoms with van der Waals surface area (Å²) in [5.74, 6) is -0.0886. The number of carbonyl (C=O) groups excluding carboxylic acids is 2. The van der Waals surface area contributed by atoms with E-state index in [0.717, 1.165) is 5.56 Å². The third-order valence-electron chi connectivity index (χ3n) is 3.50. The molecule has 1 aromatic carbocycles. The summed E-state index contributed by atoms with van der Waals surface area (Å²) in [5.41, 5.74) is 0.937. The first-order valence-corrected chi connectivity index (χ1v) is 7.22. The number of rotatable bonds is 4. The molecule has 0 saturated carbocycles. The quantitative estimate of drug-likeness (QED) is 0.927. The van der Waals surface area contributed by atoms with Gasteiger partial charge < -0.3 is 10.2 Å². The Balaban J connectivity index is 1.84. The molecular weight excluding hydrogens is 299 g/mol. The Bertz CT molecular complexity index is 534. The molecule has 6 heteroatoms. The number of hydrogen-bond acceptors (Lipinski definition) is 2. The van der Waals surface area contributed by atoms with E-state index in [2.05, 4.69) is 5.32 Å². The summed E-state index contributed by atoms with van der Waals surface area (Å²) < 4.78 is 0. The zero-order chi connectivity index (χ0) is 14.7. The van der Waals surface area contributed by atoms with Crippen LogP contribution in [0.2, 0.25) is 10.0 Å². The van der Waals surface area contributed by atoms with Gasteiger partial charge in [0.1, 0.15) is 6.04 Å². The summed E-state index contributed by atoms with van der Waals surface area (Å²) in [6, 6.07) is 4.96. The lowest BCUT2D eigenvalue weighted by Gasteiger charge is -2.19. The molecule has 2 amide bonds. The van der Waals surface area contributed by atoms with Crippen LogP contribution in [0.1, 0.15) is 18.4 Å². The molecule has 1 aromatic rings. The van der Waals surface area contributed by atoms with Gasteiger partial charge >= 0.3 is 0 Å². The molecule has 0 spiro atoms. The van der Waals surface area contributed by atoms with Crippen LogP contribution in [0.5, 0.6) is 0 Å². The summed E-state index contributed by atoms with van der Waals surface area (Å²) in [7, 11) is 1.66. The van der Waals surface area contributed by atoms with Crippen molar-refractivity contribution in [2.45, 2.75) is 25.3 Å². The molecule has 1 atom stereocenters. The molecule has 108 valence electrons. The highest BCUT2D eigenvalue weighted by molar-refractivity contribution is 6.35. The predicted octanol–water partition coefficient (Wildman–Crippen LogP) is 2.27. The normalized spacial score (nSPS) is 18.4. The second-order valence-corrected chi connectivity index (χ2v) is 5.68. The molecule has 2 rings (SSSR count). The van der Waals surface area contributed by atoms with E-state index in [1.54, 1.807) is 19.2 Å². The van der Waals surface area contributed by atoms with Crippen molar-refractivity contribution in [3.8, 4) is 0 Å². The Morgan fingerprint density at radius 2 is 2.20 bits per heavy atom. The van der Waals surface area contributed by atoms with Crippen LogP contribution < -0.4 is 5.32 Å². The van der Waals surface area contributed by atoms with Crippen molar-refractivity contribution in [2.24, 2.45) is 0 Å². The van der Waals surface area contributed by atoms with Crippen molar-refractivity contribution >= 4 is 35.0 Å². The molecular formula is C14H16Cl2N2O2. The van der Waals surface area contributed by atoms with Crippen molar-refractivity contribution in [3.05, 3.63) is 33.8 Å². The number of likely N-dealkylation sites (N-methyl/N-ethyl adjacent to an activating group) is 1. The fourth-order valence-electron chi connectivity index (χ4n) is 2.27. The largest absolute Gasteiger partial charge is 0.354 e. The van der Waals surface area contributed by atoms with E-state index >= 15 is 0 Å². The average Bonchev–Trinajstić information content (AvgIpc) is 2.72. The zero-order valence-corrected chi connectivity index (χ0v) is 12.7. The molecule has 0 aromatic heterocycles. The predicted molar refractivity (Wildman–Crippen MR) is 79.0 cm³/mol. The first kappa shape index (κ1) is 15.1. The maximum absolute atomic E-state index is 12.0. The van der Waals surface area contributed by atoms with Crippen molar-refractivity contribution in [1.82, 2.24) is 10.2 Å². The SMILES string of the molecule is CN1C(=O)CCC1C(=O)NCCc1ccc(Cl)cc1Cl. The summed E-state index contributed by atoms with van der Waals surface area (Å²) in [6.45, 7) is 0.485. The highest BCUT2D eigenvalue weighted by Gasteiger charge is 2.32. The summed E-state index contributed by atoms with van der Waals surface area (Å²) in [5, 5.41) is 4.03. The molecule has 1 aliphatic heterocycles. The molecule has 1 heterocycles. The van der Waals surface area contributed by atoms with Gasteiger partial charge in [0, 0.05) is 30.1 Å². The van der Waals surface area contributed by atoms with Crippen molar-refractivity contribution < 1.29 is 9.59 Å². The second kappa shape index (κ2) is 6.46. The molecule has 20 heavy (non-hydrogen) atoms. The number of nitrogens with one attached hydrogen (secondary N) is 1. The Hall–Kier alpha value is -1.26. The Morgan fingerprint density at radius 3 is 2.80 bits per heavy atom. The van der Waals surface area contributed by atoms with Gasteiger partial charge in [-0.1, -0.05) is 29.3 Å². The van der Waals surface area contributed by atoms with Gasteiger partial charge in [0.05, 0.1) is 0 Å². The molecule has 4 nitrogen and oxygen atoms in total. The van der Waals surface area contributed by atoms with Gasteiger partial charge in [-0.3, -0.25) is 9.59 Å². The van der Waals surface area contributed by atoms with Crippen LogP contribution >= 0.6 is 23.2 Å². The van der Waals surface area contributed by atoms with E-state index in [1.165, 1.54) is 4.90 Å². The third kappa shape index (κ3) is 3.44. The number of likely N-dealkylation sites (tertiary alicyclic amines) is 1. The summed E-state index contributed by atoms with van der Waals surface area (Å²) >= 11 is 11.9. The molecule has 1 unspecified atom stereocenters. The van der Waals surface area contributed by atoms with E-state index in [1.807, 2.05) is 6.07 Å². The Labute approximate surface area is 128 Å². The van der Waals surface area contributed by atoms with Crippen molar-refractivity contribution in [2.75, 3.05) is 13.6 Å². The summed E-state index contributed by atoms with van der Waals surface area (Å²) in [6.07, 6.45) is 1.66. The molecule has 1 aliphatic rings. The Morgan fingerprint density at radius 1 is 1.45 bits per heavy atom. The van der Waals surface area contributed by atoms with Crippen LogP contribution in [-0.4, -0.2) is 36.3 Å². The highest BCUT2D eigenvalue weighted by Crippen LogP contribution is 2.21. The van der Waals surface area contributed by atoms with Crippen LogP contribution in [0, 0.1) is 0 Å². The smallest absolute Gasteiger partial charge is 0.242 e. The number of nitrogens with zero attached hydrogens (tertiary/aromatic N) is 1. The lowest BCUT2D eigenvalue weighted by molar-refractivity contribution is -0.133. The van der Waals surface area contributed by atoms with Crippen LogP contribution in [0.15, 0.2) is 18.2 Å². The first-order chi connectivity index (χ1) is 9.49. The molecule has 1 saturated heterocycles. The minimum Gasteiger partial charge on any atom is -0.354 e. The Kier molecular flexibility index (Phi) is 4.89. The highest BCUT2D eigenvalue weighted by atomic mass is 35.5. The molecule has 1 fully saturated rings. The van der Waals surface area contributed by atoms with E-state index in [9.17, 15) is 9.59 Å². The van der Waals surface area contributed by atoms with Crippen LogP contribution in [0.25, 0.3) is 0 Å². The fourth-order valence-corrected chi connectivity index (χ4v) is 2.78. The molecule has 0 bridgehead atoms. The monoisotopic (exact) mass is 314 g/mol. The third-order valence-corrected chi connectivity index (χ3v) is 4.09. The van der Waals surface area contributed by atoms with E-state index in [4.69, 9.17) is 23.2 Å². The lowest BCUT2D eigenvalue weighted by Crippen LogP contribution is -2.43. The van der Waals surface area contributed by atoms with E-state index in [-0.39, 0.29) is 17.9 Å². The standard InChI is InChI=1S/C14H16Cl2N2O2/c1-18-12(4-5-13(18)19)14(20)17-7-6-9-2-3-10(15)8-11(9)16/h2-3,8,12H,4-7H2,1H3,(H,17,20). The number of carbonyl (C=O) groups is 2. The second-order valence-electron chi connectivity index (χ2n) is 4.84. The molecule has 0 radical (unpaired) electrons. The van der Waals surface area contributed by atoms with Crippen molar-refractivity contribution in [1.29, 1.82) is 0 Å². The van der Waals surface area contributed by atoms with Crippen molar-refractivity contribution in [3.63, 3.8) is 0 Å². The number of halogens is 2. The van der Waals surface area contributed by atoms with Crippen LogP contribution in [-0.2, 0) is 16.0 Å². The summed E-state index contributed by atoms with van der Waals surface area (Å²) in [4.78, 5) is 24.9. The topological polar surface area (TPSA) is 49.4 Å². The minimum atomic E-state index is -0.344. The number of hydrogen-bond donors (Lipinski definition) is 1. The maximum atomic E-state index is 12.0. The van der Waals surface area contributed by atoms with Crippen LogP contribution in [0.4, 0.5) is 0 Å². The van der Waals surface area contributed by atoms with E-state index < -0.39 is 0 Å². The van der Waals surface area contributed by atoms with Crippen LogP contribution in [0.3, 0.4) is 0 Å². The number of amides is 2. The zero-order valence-electron chi connectivity index (χ0n) is 11.2. The fraction of sp³-hybridized carbons (Fsp3) is 0.429. The maximum Gasteiger partial charge on any atom is 0.242 e. The van der Waals surface area contributed by atoms with Gasteiger partial charge in [0.15, 0.2) is 0 Å². The lowest BCUT2D eigenvalue weighted by atomic mass is 10.1. The first-order valence-electron chi connectivity index (χ1n) is 6.46. The van der Waals surface area contributed by atoms with Gasteiger partial charge in [-0.2, -0.15) is 0 Å². The van der Waals surface area contributed by atoms with Gasteiger partial charge in [-0.25, -0.2) is 0 Å². The average molecular weight is 315 g/mol. The van der Waals surface area contributed by atoms with Gasteiger partial charge in [-0.15, -0.1) is 0 Å². The minimum absolute atomic E-state index is 0.0193.